The van der Waals surface area contributed by atoms with Crippen LogP contribution in [0.5, 0.6) is 5.75 Å². The van der Waals surface area contributed by atoms with Gasteiger partial charge < -0.3 is 4.74 Å². The molecule has 1 aliphatic heterocycles. The van der Waals surface area contributed by atoms with Crippen LogP contribution in [-0.2, 0) is 11.4 Å². The quantitative estimate of drug-likeness (QED) is 0.279. The van der Waals surface area contributed by atoms with Gasteiger partial charge in [-0.15, -0.1) is 0 Å². The van der Waals surface area contributed by atoms with Gasteiger partial charge in [0.25, 0.3) is 5.91 Å². The third kappa shape index (κ3) is 6.09. The van der Waals surface area contributed by atoms with E-state index in [4.69, 9.17) is 39.5 Å². The molecule has 2 unspecified atom stereocenters. The van der Waals surface area contributed by atoms with Gasteiger partial charge in [-0.1, -0.05) is 71.2 Å². The molecule has 0 spiro atoms. The Balaban J connectivity index is 1.30. The normalized spacial score (nSPS) is 18.1. The molecular weight excluding hydrogens is 495 g/mol. The van der Waals surface area contributed by atoms with Gasteiger partial charge in [0.1, 0.15) is 18.4 Å². The molecule has 34 heavy (non-hydrogen) atoms. The molecule has 9 heteroatoms. The number of hydrogen-bond donors (Lipinski definition) is 3. The Hall–Kier alpha value is -2.61. The molecule has 3 N–H and O–H groups in total. The lowest BCUT2D eigenvalue weighted by Crippen LogP contribution is -2.41. The van der Waals surface area contributed by atoms with Gasteiger partial charge in [0.15, 0.2) is 0 Å². The second kappa shape index (κ2) is 11.2. The van der Waals surface area contributed by atoms with E-state index in [1.807, 2.05) is 48.5 Å². The Morgan fingerprint density at radius 3 is 2.50 bits per heavy atom. The molecule has 1 heterocycles. The molecule has 1 saturated heterocycles. The van der Waals surface area contributed by atoms with Crippen molar-refractivity contribution in [3.8, 4) is 5.75 Å². The number of hydrogen-bond acceptors (Lipinski definition) is 5. The number of halogens is 3. The summed E-state index contributed by atoms with van der Waals surface area (Å²) in [7, 11) is 0. The van der Waals surface area contributed by atoms with Gasteiger partial charge in [-0.2, -0.15) is 5.10 Å². The molecular formula is C25H23Cl3N4O2. The highest BCUT2D eigenvalue weighted by Crippen LogP contribution is 2.26. The molecule has 0 radical (unpaired) electrons. The molecule has 0 aromatic heterocycles. The van der Waals surface area contributed by atoms with Crippen molar-refractivity contribution in [2.45, 2.75) is 32.0 Å². The highest BCUT2D eigenvalue weighted by atomic mass is 35.5. The van der Waals surface area contributed by atoms with E-state index in [1.54, 1.807) is 25.1 Å². The lowest BCUT2D eigenvalue weighted by atomic mass is 10.0. The van der Waals surface area contributed by atoms with E-state index in [2.05, 4.69) is 21.4 Å². The molecule has 0 bridgehead atoms. The number of carbonyl (C=O) groups excluding carboxylic acids is 1. The number of carbonyl (C=O) groups is 1. The largest absolute Gasteiger partial charge is 0.489 e. The summed E-state index contributed by atoms with van der Waals surface area (Å²) in [6.07, 6.45) is 0.576. The minimum atomic E-state index is -0.425. The van der Waals surface area contributed by atoms with Crippen LogP contribution in [0.1, 0.15) is 36.1 Å². The fourth-order valence-electron chi connectivity index (χ4n) is 3.52. The monoisotopic (exact) mass is 516 g/mol. The summed E-state index contributed by atoms with van der Waals surface area (Å²) in [4.78, 5) is 12.6. The van der Waals surface area contributed by atoms with Gasteiger partial charge in [0.2, 0.25) is 0 Å². The van der Waals surface area contributed by atoms with Crippen molar-refractivity contribution in [3.05, 3.63) is 98.5 Å². The van der Waals surface area contributed by atoms with E-state index in [0.717, 1.165) is 22.4 Å². The van der Waals surface area contributed by atoms with Gasteiger partial charge in [-0.25, -0.2) is 16.3 Å². The number of benzene rings is 3. The molecule has 2 atom stereocenters. The van der Waals surface area contributed by atoms with E-state index < -0.39 is 6.04 Å². The first-order chi connectivity index (χ1) is 16.4. The maximum Gasteiger partial charge on any atom is 0.258 e. The van der Waals surface area contributed by atoms with E-state index in [9.17, 15) is 4.79 Å². The predicted octanol–water partition coefficient (Wildman–Crippen LogP) is 5.67. The molecule has 3 aromatic carbocycles. The van der Waals surface area contributed by atoms with Gasteiger partial charge >= 0.3 is 0 Å². The Labute approximate surface area is 213 Å². The number of nitrogens with one attached hydrogen (secondary N) is 3. The Bertz CT molecular complexity index is 1200. The van der Waals surface area contributed by atoms with Crippen LogP contribution >= 0.6 is 34.8 Å². The summed E-state index contributed by atoms with van der Waals surface area (Å²) in [5, 5.41) is 5.78. The van der Waals surface area contributed by atoms with Crippen molar-refractivity contribution in [1.29, 1.82) is 0 Å². The summed E-state index contributed by atoms with van der Waals surface area (Å²) in [5.74, 6) is 0.519. The Kier molecular flexibility index (Phi) is 8.08. The number of amides is 1. The topological polar surface area (TPSA) is 74.8 Å². The molecule has 0 aliphatic carbocycles. The standard InChI is InChI=1S/C25H23Cl3N4O2/c1-15(17-8-11-21(27)22(28)12-17)29-32-25(33)24-13-23(30-31-24)16-6-9-19(10-7-16)34-14-18-4-2-3-5-20(18)26/h2-12,23-24,30-31H,13-14H2,1H3,(H,32,33)/b29-15+. The zero-order valence-corrected chi connectivity index (χ0v) is 20.6. The SMILES string of the molecule is C/C(=N\NC(=O)C1CC(c2ccc(OCc3ccccc3Cl)cc2)NN1)c1ccc(Cl)c(Cl)c1. The van der Waals surface area contributed by atoms with Crippen LogP contribution in [0, 0.1) is 0 Å². The fourth-order valence-corrected chi connectivity index (χ4v) is 4.01. The second-order valence-electron chi connectivity index (χ2n) is 7.88. The second-order valence-corrected chi connectivity index (χ2v) is 9.10. The first-order valence-electron chi connectivity index (χ1n) is 10.7. The molecule has 1 amide bonds. The minimum Gasteiger partial charge on any atom is -0.489 e. The average molecular weight is 518 g/mol. The smallest absolute Gasteiger partial charge is 0.258 e. The summed E-state index contributed by atoms with van der Waals surface area (Å²) in [6.45, 7) is 2.19. The molecule has 6 nitrogen and oxygen atoms in total. The summed E-state index contributed by atoms with van der Waals surface area (Å²) in [6, 6.07) is 20.1. The maximum absolute atomic E-state index is 12.6. The van der Waals surface area contributed by atoms with E-state index >= 15 is 0 Å². The highest BCUT2D eigenvalue weighted by Gasteiger charge is 2.30. The zero-order chi connectivity index (χ0) is 24.1. The lowest BCUT2D eigenvalue weighted by molar-refractivity contribution is -0.122. The third-order valence-corrected chi connectivity index (χ3v) is 6.63. The molecule has 3 aromatic rings. The van der Waals surface area contributed by atoms with Crippen LogP contribution in [0.4, 0.5) is 0 Å². The third-order valence-electron chi connectivity index (χ3n) is 5.53. The average Bonchev–Trinajstić information content (AvgIpc) is 3.34. The van der Waals surface area contributed by atoms with Gasteiger partial charge in [-0.3, -0.25) is 4.79 Å². The van der Waals surface area contributed by atoms with Crippen LogP contribution in [0.3, 0.4) is 0 Å². The van der Waals surface area contributed by atoms with Crippen molar-refractivity contribution < 1.29 is 9.53 Å². The predicted molar refractivity (Wildman–Crippen MR) is 136 cm³/mol. The van der Waals surface area contributed by atoms with Crippen LogP contribution in [0.25, 0.3) is 0 Å². The fraction of sp³-hybridized carbons (Fsp3) is 0.200. The van der Waals surface area contributed by atoms with Crippen LogP contribution in [-0.4, -0.2) is 17.7 Å². The van der Waals surface area contributed by atoms with E-state index in [-0.39, 0.29) is 11.9 Å². The molecule has 1 fully saturated rings. The number of nitrogens with zero attached hydrogens (tertiary/aromatic N) is 1. The maximum atomic E-state index is 12.6. The molecule has 0 saturated carbocycles. The summed E-state index contributed by atoms with van der Waals surface area (Å²) < 4.78 is 5.84. The van der Waals surface area contributed by atoms with Crippen molar-refractivity contribution in [2.75, 3.05) is 0 Å². The lowest BCUT2D eigenvalue weighted by Gasteiger charge is -2.12. The first kappa shape index (κ1) is 24.5. The van der Waals surface area contributed by atoms with Crippen molar-refractivity contribution >= 4 is 46.4 Å². The van der Waals surface area contributed by atoms with Crippen LogP contribution < -0.4 is 21.0 Å². The Morgan fingerprint density at radius 2 is 1.76 bits per heavy atom. The van der Waals surface area contributed by atoms with Crippen molar-refractivity contribution in [3.63, 3.8) is 0 Å². The van der Waals surface area contributed by atoms with E-state index in [1.165, 1.54) is 0 Å². The zero-order valence-electron chi connectivity index (χ0n) is 18.3. The van der Waals surface area contributed by atoms with Gasteiger partial charge in [-0.05, 0) is 54.8 Å². The van der Waals surface area contributed by atoms with Crippen LogP contribution in [0.15, 0.2) is 71.8 Å². The van der Waals surface area contributed by atoms with Crippen LogP contribution in [0.2, 0.25) is 15.1 Å². The minimum absolute atomic E-state index is 0.0199. The molecule has 4 rings (SSSR count). The van der Waals surface area contributed by atoms with Gasteiger partial charge in [0, 0.05) is 16.6 Å². The number of ether oxygens (including phenoxy) is 1. The van der Waals surface area contributed by atoms with Gasteiger partial charge in [0.05, 0.1) is 15.8 Å². The number of hydrazine groups is 1. The van der Waals surface area contributed by atoms with Crippen molar-refractivity contribution in [1.82, 2.24) is 16.3 Å². The number of rotatable bonds is 7. The molecule has 1 aliphatic rings. The van der Waals surface area contributed by atoms with Crippen molar-refractivity contribution in [2.24, 2.45) is 5.10 Å². The highest BCUT2D eigenvalue weighted by molar-refractivity contribution is 6.42. The summed E-state index contributed by atoms with van der Waals surface area (Å²) >= 11 is 18.2. The number of hydrazone groups is 1. The Morgan fingerprint density at radius 1 is 1.00 bits per heavy atom. The summed E-state index contributed by atoms with van der Waals surface area (Å²) in [5.41, 5.74) is 12.2. The van der Waals surface area contributed by atoms with E-state index in [0.29, 0.717) is 33.8 Å². The molecule has 176 valence electrons. The first-order valence-corrected chi connectivity index (χ1v) is 11.8.